The minimum atomic E-state index is -3.63. The Kier molecular flexibility index (Phi) is 6.68. The number of thiophene rings is 1. The van der Waals surface area contributed by atoms with Crippen LogP contribution in [0.3, 0.4) is 0 Å². The first-order valence-corrected chi connectivity index (χ1v) is 11.4. The number of rotatable bonds is 7. The van der Waals surface area contributed by atoms with Crippen molar-refractivity contribution in [1.82, 2.24) is 5.43 Å². The summed E-state index contributed by atoms with van der Waals surface area (Å²) in [5.74, 6) is 0.191. The van der Waals surface area contributed by atoms with Crippen molar-refractivity contribution in [3.05, 3.63) is 75.6 Å². The summed E-state index contributed by atoms with van der Waals surface area (Å²) in [5.41, 5.74) is 3.82. The predicted octanol–water partition coefficient (Wildman–Crippen LogP) is 4.08. The van der Waals surface area contributed by atoms with E-state index in [0.29, 0.717) is 22.6 Å². The van der Waals surface area contributed by atoms with Crippen LogP contribution in [0.4, 0.5) is 5.69 Å². The number of nitrogens with one attached hydrogen (secondary N) is 2. The molecule has 0 saturated carbocycles. The topological polar surface area (TPSA) is 96.9 Å². The molecule has 0 aliphatic rings. The molecule has 1 amide bonds. The number of nitrogens with zero attached hydrogens (tertiary/aromatic N) is 1. The van der Waals surface area contributed by atoms with Crippen molar-refractivity contribution in [3.8, 4) is 5.75 Å². The lowest BCUT2D eigenvalue weighted by Gasteiger charge is -2.07. The molecule has 0 radical (unpaired) electrons. The third-order valence-electron chi connectivity index (χ3n) is 3.72. The monoisotopic (exact) mass is 493 g/mol. The Hall–Kier alpha value is -2.69. The maximum atomic E-state index is 12.2. The fraction of sp³-hybridized carbons (Fsp3) is 0.0526. The molecule has 0 saturated heterocycles. The van der Waals surface area contributed by atoms with Gasteiger partial charge in [-0.2, -0.15) is 5.10 Å². The Morgan fingerprint density at radius 2 is 1.93 bits per heavy atom. The predicted molar refractivity (Wildman–Crippen MR) is 117 cm³/mol. The molecule has 1 aromatic heterocycles. The standard InChI is InChI=1S/C19H16BrN3O4S2/c1-27-17-9-6-15(20)11-14(17)12-21-22-19(24)13-4-7-16(8-5-13)23-29(25,26)18-3-2-10-28-18/h2-12,23H,1H3,(H,22,24)/b21-12+. The molecular weight excluding hydrogens is 478 g/mol. The zero-order valence-corrected chi connectivity index (χ0v) is 18.3. The Labute approximate surface area is 180 Å². The number of carbonyl (C=O) groups is 1. The van der Waals surface area contributed by atoms with Gasteiger partial charge in [-0.25, -0.2) is 13.8 Å². The lowest BCUT2D eigenvalue weighted by Crippen LogP contribution is -2.18. The molecule has 150 valence electrons. The van der Waals surface area contributed by atoms with E-state index in [-0.39, 0.29) is 4.21 Å². The van der Waals surface area contributed by atoms with Crippen molar-refractivity contribution in [2.45, 2.75) is 4.21 Å². The summed E-state index contributed by atoms with van der Waals surface area (Å²) in [4.78, 5) is 12.2. The van der Waals surface area contributed by atoms with Crippen molar-refractivity contribution >= 4 is 55.1 Å². The van der Waals surface area contributed by atoms with Crippen LogP contribution >= 0.6 is 27.3 Å². The van der Waals surface area contributed by atoms with E-state index in [1.165, 1.54) is 36.5 Å². The molecular formula is C19H16BrN3O4S2. The molecule has 0 spiro atoms. The number of benzene rings is 2. The van der Waals surface area contributed by atoms with Gasteiger partial charge in [0.1, 0.15) is 9.96 Å². The minimum absolute atomic E-state index is 0.219. The Morgan fingerprint density at radius 3 is 2.59 bits per heavy atom. The number of amides is 1. The van der Waals surface area contributed by atoms with Crippen LogP contribution in [-0.2, 0) is 10.0 Å². The van der Waals surface area contributed by atoms with Gasteiger partial charge < -0.3 is 4.74 Å². The van der Waals surface area contributed by atoms with Gasteiger partial charge in [-0.3, -0.25) is 9.52 Å². The lowest BCUT2D eigenvalue weighted by atomic mass is 10.2. The summed E-state index contributed by atoms with van der Waals surface area (Å²) < 4.78 is 33.2. The number of carbonyl (C=O) groups excluding carboxylic acids is 1. The molecule has 2 aromatic carbocycles. The van der Waals surface area contributed by atoms with E-state index in [0.717, 1.165) is 15.8 Å². The molecule has 0 fully saturated rings. The molecule has 0 aliphatic carbocycles. The van der Waals surface area contributed by atoms with Crippen LogP contribution in [0, 0.1) is 0 Å². The summed E-state index contributed by atoms with van der Waals surface area (Å²) in [6.07, 6.45) is 1.48. The van der Waals surface area contributed by atoms with Gasteiger partial charge in [0, 0.05) is 21.3 Å². The molecule has 0 aliphatic heterocycles. The first-order valence-electron chi connectivity index (χ1n) is 8.22. The van der Waals surface area contributed by atoms with Gasteiger partial charge in [-0.05, 0) is 53.9 Å². The minimum Gasteiger partial charge on any atom is -0.496 e. The number of ether oxygens (including phenoxy) is 1. The Bertz CT molecular complexity index is 1130. The third kappa shape index (κ3) is 5.43. The average molecular weight is 494 g/mol. The molecule has 3 aromatic rings. The lowest BCUT2D eigenvalue weighted by molar-refractivity contribution is 0.0955. The number of sulfonamides is 1. The van der Waals surface area contributed by atoms with E-state index in [1.807, 2.05) is 12.1 Å². The molecule has 0 bridgehead atoms. The Balaban J connectivity index is 1.64. The van der Waals surface area contributed by atoms with Crippen LogP contribution in [0.1, 0.15) is 15.9 Å². The van der Waals surface area contributed by atoms with Crippen LogP contribution in [-0.4, -0.2) is 27.6 Å². The maximum Gasteiger partial charge on any atom is 0.271 e. The van der Waals surface area contributed by atoms with E-state index in [2.05, 4.69) is 31.2 Å². The average Bonchev–Trinajstić information content (AvgIpc) is 3.24. The number of hydrogen-bond acceptors (Lipinski definition) is 6. The Morgan fingerprint density at radius 1 is 1.17 bits per heavy atom. The maximum absolute atomic E-state index is 12.2. The van der Waals surface area contributed by atoms with E-state index in [1.54, 1.807) is 24.6 Å². The number of hydrogen-bond donors (Lipinski definition) is 2. The summed E-state index contributed by atoms with van der Waals surface area (Å²) in [6.45, 7) is 0. The molecule has 29 heavy (non-hydrogen) atoms. The van der Waals surface area contributed by atoms with Crippen molar-refractivity contribution in [2.75, 3.05) is 11.8 Å². The summed E-state index contributed by atoms with van der Waals surface area (Å²) >= 11 is 4.50. The van der Waals surface area contributed by atoms with Crippen LogP contribution < -0.4 is 14.9 Å². The number of methoxy groups -OCH3 is 1. The fourth-order valence-corrected chi connectivity index (χ4v) is 4.77. The molecule has 3 rings (SSSR count). The number of anilines is 1. The SMILES string of the molecule is COc1ccc(Br)cc1/C=N/NC(=O)c1ccc(NS(=O)(=O)c2cccs2)cc1. The second kappa shape index (κ2) is 9.21. The van der Waals surface area contributed by atoms with Crippen LogP contribution in [0.15, 0.2) is 73.8 Å². The highest BCUT2D eigenvalue weighted by Gasteiger charge is 2.15. The molecule has 0 atom stereocenters. The molecule has 10 heteroatoms. The van der Waals surface area contributed by atoms with Crippen molar-refractivity contribution < 1.29 is 17.9 Å². The third-order valence-corrected chi connectivity index (χ3v) is 6.99. The van der Waals surface area contributed by atoms with Gasteiger partial charge in [0.05, 0.1) is 13.3 Å². The highest BCUT2D eigenvalue weighted by Crippen LogP contribution is 2.22. The molecule has 7 nitrogen and oxygen atoms in total. The number of hydrazone groups is 1. The van der Waals surface area contributed by atoms with Crippen LogP contribution in [0.2, 0.25) is 0 Å². The second-order valence-electron chi connectivity index (χ2n) is 5.70. The highest BCUT2D eigenvalue weighted by molar-refractivity contribution is 9.10. The summed E-state index contributed by atoms with van der Waals surface area (Å²) in [5, 5.41) is 5.63. The zero-order valence-electron chi connectivity index (χ0n) is 15.1. The van der Waals surface area contributed by atoms with Gasteiger partial charge in [0.2, 0.25) is 0 Å². The molecule has 1 heterocycles. The van der Waals surface area contributed by atoms with Gasteiger partial charge >= 0.3 is 0 Å². The molecule has 2 N–H and O–H groups in total. The number of halogens is 1. The highest BCUT2D eigenvalue weighted by atomic mass is 79.9. The van der Waals surface area contributed by atoms with Gasteiger partial charge in [-0.1, -0.05) is 22.0 Å². The fourth-order valence-electron chi connectivity index (χ4n) is 2.34. The van der Waals surface area contributed by atoms with Crippen LogP contribution in [0.25, 0.3) is 0 Å². The van der Waals surface area contributed by atoms with Gasteiger partial charge in [0.25, 0.3) is 15.9 Å². The quantitative estimate of drug-likeness (QED) is 0.382. The van der Waals surface area contributed by atoms with Crippen molar-refractivity contribution in [3.63, 3.8) is 0 Å². The first kappa shape index (κ1) is 21.0. The van der Waals surface area contributed by atoms with E-state index in [4.69, 9.17) is 4.74 Å². The largest absolute Gasteiger partial charge is 0.496 e. The molecule has 0 unspecified atom stereocenters. The first-order chi connectivity index (χ1) is 13.9. The van der Waals surface area contributed by atoms with E-state index < -0.39 is 15.9 Å². The normalized spacial score (nSPS) is 11.4. The summed E-state index contributed by atoms with van der Waals surface area (Å²) in [7, 11) is -2.08. The van der Waals surface area contributed by atoms with Crippen molar-refractivity contribution in [1.29, 1.82) is 0 Å². The van der Waals surface area contributed by atoms with E-state index in [9.17, 15) is 13.2 Å². The van der Waals surface area contributed by atoms with Gasteiger partial charge in [0.15, 0.2) is 0 Å². The summed E-state index contributed by atoms with van der Waals surface area (Å²) in [6, 6.07) is 14.7. The zero-order chi connectivity index (χ0) is 20.9. The second-order valence-corrected chi connectivity index (χ2v) is 9.47. The van der Waals surface area contributed by atoms with E-state index >= 15 is 0 Å². The van der Waals surface area contributed by atoms with Gasteiger partial charge in [-0.15, -0.1) is 11.3 Å². The van der Waals surface area contributed by atoms with Crippen LogP contribution in [0.5, 0.6) is 5.75 Å². The van der Waals surface area contributed by atoms with Crippen molar-refractivity contribution in [2.24, 2.45) is 5.10 Å². The smallest absolute Gasteiger partial charge is 0.271 e.